The number of rotatable bonds is 2. The van der Waals surface area contributed by atoms with Gasteiger partial charge in [0.15, 0.2) is 0 Å². The Kier molecular flexibility index (Phi) is 3.75. The number of nitrogens with zero attached hydrogens (tertiary/aromatic N) is 3. The minimum atomic E-state index is -4.10. The molecule has 1 aromatic heterocycles. The van der Waals surface area contributed by atoms with E-state index in [-0.39, 0.29) is 0 Å². The van der Waals surface area contributed by atoms with Gasteiger partial charge in [0.05, 0.1) is 18.4 Å². The van der Waals surface area contributed by atoms with Crippen LogP contribution >= 0.6 is 0 Å². The van der Waals surface area contributed by atoms with Crippen LogP contribution in [0.1, 0.15) is 5.56 Å². The molecule has 2 rings (SSSR count). The first-order valence-corrected chi connectivity index (χ1v) is 5.90. The topological polar surface area (TPSA) is 19.4 Å². The molecule has 100 valence electrons. The van der Waals surface area contributed by atoms with Crippen LogP contribution in [0.4, 0.5) is 18.9 Å². The van der Waals surface area contributed by atoms with Crippen LogP contribution in [0.3, 0.4) is 0 Å². The van der Waals surface area contributed by atoms with Crippen molar-refractivity contribution in [3.05, 3.63) is 24.0 Å². The number of aromatic nitrogens is 1. The van der Waals surface area contributed by atoms with E-state index in [0.717, 1.165) is 11.3 Å². The zero-order chi connectivity index (χ0) is 13.2. The van der Waals surface area contributed by atoms with Crippen LogP contribution in [0, 0.1) is 6.92 Å². The van der Waals surface area contributed by atoms with E-state index in [1.54, 1.807) is 12.4 Å². The molecular formula is C12H16F3N3. The fraction of sp³-hybridized carbons (Fsp3) is 0.583. The molecule has 2 heterocycles. The van der Waals surface area contributed by atoms with Gasteiger partial charge in [0.25, 0.3) is 0 Å². The molecule has 0 saturated carbocycles. The molecule has 0 atom stereocenters. The Morgan fingerprint density at radius 2 is 1.83 bits per heavy atom. The van der Waals surface area contributed by atoms with Crippen molar-refractivity contribution >= 4 is 5.69 Å². The maximum Gasteiger partial charge on any atom is 0.401 e. The number of aryl methyl sites for hydroxylation is 1. The summed E-state index contributed by atoms with van der Waals surface area (Å²) in [4.78, 5) is 7.62. The summed E-state index contributed by atoms with van der Waals surface area (Å²) in [5.74, 6) is 0. The van der Waals surface area contributed by atoms with Crippen molar-refractivity contribution in [2.24, 2.45) is 0 Å². The number of piperazine rings is 1. The Balaban J connectivity index is 1.91. The van der Waals surface area contributed by atoms with Crippen molar-refractivity contribution in [2.75, 3.05) is 37.6 Å². The molecule has 6 heteroatoms. The van der Waals surface area contributed by atoms with Crippen LogP contribution in [-0.4, -0.2) is 48.8 Å². The minimum Gasteiger partial charge on any atom is -0.368 e. The van der Waals surface area contributed by atoms with Crippen molar-refractivity contribution in [2.45, 2.75) is 13.1 Å². The highest BCUT2D eigenvalue weighted by molar-refractivity contribution is 5.46. The highest BCUT2D eigenvalue weighted by Crippen LogP contribution is 2.20. The standard InChI is InChI=1S/C12H16F3N3/c1-10-6-11(8-16-7-10)18-4-2-17(3-5-18)9-12(13,14)15/h6-8H,2-5,9H2,1H3. The molecule has 18 heavy (non-hydrogen) atoms. The van der Waals surface area contributed by atoms with Crippen molar-refractivity contribution in [3.8, 4) is 0 Å². The van der Waals surface area contributed by atoms with Crippen molar-refractivity contribution in [1.82, 2.24) is 9.88 Å². The van der Waals surface area contributed by atoms with Gasteiger partial charge in [-0.1, -0.05) is 0 Å². The summed E-state index contributed by atoms with van der Waals surface area (Å²) in [7, 11) is 0. The van der Waals surface area contributed by atoms with Gasteiger partial charge in [-0.05, 0) is 18.6 Å². The molecule has 3 nitrogen and oxygen atoms in total. The number of anilines is 1. The average Bonchev–Trinajstić information content (AvgIpc) is 2.28. The van der Waals surface area contributed by atoms with Crippen LogP contribution in [0.2, 0.25) is 0 Å². The highest BCUT2D eigenvalue weighted by Gasteiger charge is 2.32. The maximum atomic E-state index is 12.2. The van der Waals surface area contributed by atoms with E-state index in [4.69, 9.17) is 0 Å². The Morgan fingerprint density at radius 1 is 1.17 bits per heavy atom. The minimum absolute atomic E-state index is 0.438. The van der Waals surface area contributed by atoms with Crippen LogP contribution in [-0.2, 0) is 0 Å². The van der Waals surface area contributed by atoms with E-state index in [0.29, 0.717) is 26.2 Å². The largest absolute Gasteiger partial charge is 0.401 e. The molecule has 0 spiro atoms. The zero-order valence-electron chi connectivity index (χ0n) is 10.2. The lowest BCUT2D eigenvalue weighted by Gasteiger charge is -2.36. The van der Waals surface area contributed by atoms with Gasteiger partial charge in [-0.25, -0.2) is 0 Å². The second kappa shape index (κ2) is 5.14. The summed E-state index contributed by atoms with van der Waals surface area (Å²) in [6, 6.07) is 2.01. The molecule has 0 amide bonds. The Morgan fingerprint density at radius 3 is 2.39 bits per heavy atom. The number of halogens is 3. The molecule has 0 aromatic carbocycles. The molecule has 0 unspecified atom stereocenters. The zero-order valence-corrected chi connectivity index (χ0v) is 10.2. The summed E-state index contributed by atoms with van der Waals surface area (Å²) < 4.78 is 36.7. The number of hydrogen-bond acceptors (Lipinski definition) is 3. The molecule has 1 aliphatic heterocycles. The van der Waals surface area contributed by atoms with Gasteiger partial charge in [0.1, 0.15) is 0 Å². The third-order valence-electron chi connectivity index (χ3n) is 3.00. The second-order valence-corrected chi connectivity index (χ2v) is 4.60. The summed E-state index contributed by atoms with van der Waals surface area (Å²) in [6.45, 7) is 3.24. The fourth-order valence-corrected chi connectivity index (χ4v) is 2.13. The predicted molar refractivity (Wildman–Crippen MR) is 63.7 cm³/mol. The van der Waals surface area contributed by atoms with Crippen molar-refractivity contribution in [3.63, 3.8) is 0 Å². The first kappa shape index (κ1) is 13.1. The lowest BCUT2D eigenvalue weighted by molar-refractivity contribution is -0.146. The quantitative estimate of drug-likeness (QED) is 0.810. The molecular weight excluding hydrogens is 243 g/mol. The number of hydrogen-bond donors (Lipinski definition) is 0. The van der Waals surface area contributed by atoms with Gasteiger partial charge < -0.3 is 4.90 Å². The number of pyridine rings is 1. The molecule has 0 N–H and O–H groups in total. The fourth-order valence-electron chi connectivity index (χ4n) is 2.13. The van der Waals surface area contributed by atoms with Crippen molar-refractivity contribution < 1.29 is 13.2 Å². The Hall–Kier alpha value is -1.30. The van der Waals surface area contributed by atoms with Crippen LogP contribution in [0.15, 0.2) is 18.5 Å². The summed E-state index contributed by atoms with van der Waals surface area (Å²) in [5.41, 5.74) is 2.05. The summed E-state index contributed by atoms with van der Waals surface area (Å²) in [6.07, 6.45) is -0.580. The van der Waals surface area contributed by atoms with Crippen LogP contribution in [0.25, 0.3) is 0 Å². The van der Waals surface area contributed by atoms with E-state index in [1.165, 1.54) is 4.90 Å². The normalized spacial score (nSPS) is 18.1. The molecule has 0 radical (unpaired) electrons. The third kappa shape index (κ3) is 3.60. The second-order valence-electron chi connectivity index (χ2n) is 4.60. The predicted octanol–water partition coefficient (Wildman–Crippen LogP) is 2.07. The molecule has 1 fully saturated rings. The van der Waals surface area contributed by atoms with Crippen LogP contribution < -0.4 is 4.90 Å². The lowest BCUT2D eigenvalue weighted by Crippen LogP contribution is -2.49. The average molecular weight is 259 g/mol. The van der Waals surface area contributed by atoms with E-state index in [9.17, 15) is 13.2 Å². The Labute approximate surface area is 104 Å². The smallest absolute Gasteiger partial charge is 0.368 e. The summed E-state index contributed by atoms with van der Waals surface area (Å²) >= 11 is 0. The Bertz CT molecular complexity index is 398. The maximum absolute atomic E-state index is 12.2. The van der Waals surface area contributed by atoms with Gasteiger partial charge in [-0.3, -0.25) is 9.88 Å². The van der Waals surface area contributed by atoms with Gasteiger partial charge in [-0.2, -0.15) is 13.2 Å². The van der Waals surface area contributed by atoms with Crippen LogP contribution in [0.5, 0.6) is 0 Å². The number of alkyl halides is 3. The van der Waals surface area contributed by atoms with Gasteiger partial charge in [-0.15, -0.1) is 0 Å². The first-order chi connectivity index (χ1) is 8.44. The highest BCUT2D eigenvalue weighted by atomic mass is 19.4. The third-order valence-corrected chi connectivity index (χ3v) is 3.00. The van der Waals surface area contributed by atoms with Crippen molar-refractivity contribution in [1.29, 1.82) is 0 Å². The lowest BCUT2D eigenvalue weighted by atomic mass is 10.2. The van der Waals surface area contributed by atoms with E-state index >= 15 is 0 Å². The SMILES string of the molecule is Cc1cncc(N2CCN(CC(F)(F)F)CC2)c1. The summed E-state index contributed by atoms with van der Waals surface area (Å²) in [5, 5.41) is 0. The molecule has 0 aliphatic carbocycles. The van der Waals surface area contributed by atoms with Gasteiger partial charge in [0, 0.05) is 32.4 Å². The van der Waals surface area contributed by atoms with E-state index < -0.39 is 12.7 Å². The molecule has 1 aromatic rings. The van der Waals surface area contributed by atoms with E-state index in [2.05, 4.69) is 9.88 Å². The molecule has 0 bridgehead atoms. The first-order valence-electron chi connectivity index (χ1n) is 5.90. The molecule has 1 saturated heterocycles. The van der Waals surface area contributed by atoms with Gasteiger partial charge in [0.2, 0.25) is 0 Å². The molecule has 1 aliphatic rings. The van der Waals surface area contributed by atoms with E-state index in [1.807, 2.05) is 13.0 Å². The monoisotopic (exact) mass is 259 g/mol. The van der Waals surface area contributed by atoms with Gasteiger partial charge >= 0.3 is 6.18 Å².